The molecule has 0 aliphatic carbocycles. The first-order valence-electron chi connectivity index (χ1n) is 10.6. The first-order chi connectivity index (χ1) is 17.8. The predicted octanol–water partition coefficient (Wildman–Crippen LogP) is 6.69. The molecule has 0 aliphatic heterocycles. The van der Waals surface area contributed by atoms with Crippen LogP contribution >= 0.6 is 22.9 Å². The monoisotopic (exact) mass is 589 g/mol. The molecule has 14 heteroatoms. The summed E-state index contributed by atoms with van der Waals surface area (Å²) < 4.78 is 67.3. The molecule has 0 spiro atoms. The molecule has 0 unspecified atom stereocenters. The number of hydrogen-bond donors (Lipinski definition) is 3. The summed E-state index contributed by atoms with van der Waals surface area (Å²) in [4.78, 5) is 3.16. The highest BCUT2D eigenvalue weighted by Crippen LogP contribution is 2.45. The van der Waals surface area contributed by atoms with Crippen LogP contribution in [0.3, 0.4) is 0 Å². The fraction of sp³-hybridized carbons (Fsp3) is 0.0417. The summed E-state index contributed by atoms with van der Waals surface area (Å²) >= 11 is 7.65. The Labute approximate surface area is 225 Å². The zero-order valence-electron chi connectivity index (χ0n) is 19.2. The Hall–Kier alpha value is -3.46. The quantitative estimate of drug-likeness (QED) is 0.150. The molecule has 0 radical (unpaired) electrons. The van der Waals surface area contributed by atoms with Crippen molar-refractivity contribution in [2.24, 2.45) is 10.2 Å². The van der Waals surface area contributed by atoms with Crippen LogP contribution in [0.15, 0.2) is 80.7 Å². The van der Waals surface area contributed by atoms with Crippen molar-refractivity contribution < 1.29 is 31.0 Å². The summed E-state index contributed by atoms with van der Waals surface area (Å²) in [6.45, 7) is 2.00. The summed E-state index contributed by atoms with van der Waals surface area (Å²) in [6, 6.07) is 15.4. The highest BCUT2D eigenvalue weighted by Gasteiger charge is 2.25. The van der Waals surface area contributed by atoms with Crippen LogP contribution in [0.2, 0.25) is 5.02 Å². The van der Waals surface area contributed by atoms with E-state index in [-0.39, 0.29) is 15.8 Å². The molecule has 0 saturated carbocycles. The molecule has 5 rings (SSSR count). The number of aromatic hydroxyl groups is 1. The molecule has 0 bridgehead atoms. The number of fused-ring (bicyclic) bond motifs is 2. The van der Waals surface area contributed by atoms with Crippen molar-refractivity contribution >= 4 is 75.5 Å². The minimum atomic E-state index is -4.95. The molecule has 3 N–H and O–H groups in total. The number of aromatic nitrogens is 1. The minimum Gasteiger partial charge on any atom is -0.505 e. The lowest BCUT2D eigenvalue weighted by molar-refractivity contribution is 0.472. The second kappa shape index (κ2) is 9.38. The molecule has 38 heavy (non-hydrogen) atoms. The van der Waals surface area contributed by atoms with E-state index >= 15 is 0 Å². The van der Waals surface area contributed by atoms with E-state index in [0.29, 0.717) is 5.69 Å². The van der Waals surface area contributed by atoms with Crippen molar-refractivity contribution in [3.05, 3.63) is 71.2 Å². The number of hydrogen-bond acceptors (Lipinski definition) is 9. The number of phenols is 1. The van der Waals surface area contributed by atoms with E-state index in [1.165, 1.54) is 11.3 Å². The molecule has 1 heterocycles. The van der Waals surface area contributed by atoms with Gasteiger partial charge in [-0.1, -0.05) is 17.7 Å². The molecule has 1 aromatic heterocycles. The van der Waals surface area contributed by atoms with Gasteiger partial charge < -0.3 is 5.11 Å². The van der Waals surface area contributed by atoms with E-state index < -0.39 is 41.5 Å². The molecular formula is C24H16ClN3O7S3. The van der Waals surface area contributed by atoms with E-state index in [2.05, 4.69) is 21.3 Å². The number of thiazole rings is 1. The van der Waals surface area contributed by atoms with Crippen molar-refractivity contribution in [1.82, 2.24) is 4.98 Å². The number of aryl methyl sites for hydroxylation is 1. The molecule has 10 nitrogen and oxygen atoms in total. The van der Waals surface area contributed by atoms with Gasteiger partial charge >= 0.3 is 0 Å². The fourth-order valence-corrected chi connectivity index (χ4v) is 6.44. The maximum atomic E-state index is 12.1. The summed E-state index contributed by atoms with van der Waals surface area (Å²) in [7, 11) is -9.64. The van der Waals surface area contributed by atoms with Crippen molar-refractivity contribution in [3.63, 3.8) is 0 Å². The standard InChI is InChI=1S/C24H16ClN3O7S3/c1-12-2-7-18-19(8-12)36-24(26-18)13-3-5-15(6-4-13)27-28-22-20(38(33,34)35)10-14-9-16(37(30,31)32)11-17(25)21(14)23(22)29/h2-11,29H,1H3,(H,30,31,32)(H,33,34,35). The van der Waals surface area contributed by atoms with Crippen LogP contribution in [0, 0.1) is 6.92 Å². The van der Waals surface area contributed by atoms with Gasteiger partial charge in [0, 0.05) is 10.9 Å². The molecule has 194 valence electrons. The van der Waals surface area contributed by atoms with Crippen molar-refractivity contribution in [2.75, 3.05) is 0 Å². The van der Waals surface area contributed by atoms with Crippen LogP contribution in [0.25, 0.3) is 31.6 Å². The van der Waals surface area contributed by atoms with Crippen molar-refractivity contribution in [2.45, 2.75) is 16.7 Å². The van der Waals surface area contributed by atoms with E-state index in [0.717, 1.165) is 44.6 Å². The van der Waals surface area contributed by atoms with Crippen LogP contribution in [0.5, 0.6) is 5.75 Å². The second-order valence-electron chi connectivity index (χ2n) is 8.26. The van der Waals surface area contributed by atoms with E-state index in [1.54, 1.807) is 24.3 Å². The van der Waals surface area contributed by atoms with Gasteiger partial charge in [0.2, 0.25) is 0 Å². The molecular weight excluding hydrogens is 574 g/mol. The smallest absolute Gasteiger partial charge is 0.296 e. The Kier molecular flexibility index (Phi) is 6.46. The van der Waals surface area contributed by atoms with Gasteiger partial charge in [0.25, 0.3) is 20.2 Å². The molecule has 0 amide bonds. The SMILES string of the molecule is Cc1ccc2nc(-c3ccc(N=Nc4c(S(=O)(=O)O)cc5cc(S(=O)(=O)O)cc(Cl)c5c4O)cc3)sc2c1. The van der Waals surface area contributed by atoms with Gasteiger partial charge in [-0.2, -0.15) is 21.9 Å². The molecule has 0 aliphatic rings. The summed E-state index contributed by atoms with van der Waals surface area (Å²) in [5.41, 5.74) is 2.54. The molecule has 0 fully saturated rings. The summed E-state index contributed by atoms with van der Waals surface area (Å²) in [5, 5.41) is 18.8. The first kappa shape index (κ1) is 26.2. The average Bonchev–Trinajstić information content (AvgIpc) is 3.25. The zero-order valence-corrected chi connectivity index (χ0v) is 22.4. The highest BCUT2D eigenvalue weighted by molar-refractivity contribution is 7.86. The van der Waals surface area contributed by atoms with Gasteiger partial charge in [-0.3, -0.25) is 9.11 Å². The Morgan fingerprint density at radius 1 is 0.895 bits per heavy atom. The van der Waals surface area contributed by atoms with Gasteiger partial charge in [-0.25, -0.2) is 4.98 Å². The van der Waals surface area contributed by atoms with Crippen LogP contribution in [-0.4, -0.2) is 36.0 Å². The Bertz CT molecular complexity index is 2000. The number of halogens is 1. The van der Waals surface area contributed by atoms with E-state index in [4.69, 9.17) is 11.6 Å². The Balaban J connectivity index is 1.56. The Morgan fingerprint density at radius 3 is 2.26 bits per heavy atom. The van der Waals surface area contributed by atoms with Crippen LogP contribution in [0.1, 0.15) is 5.56 Å². The number of rotatable bonds is 5. The number of benzene rings is 4. The van der Waals surface area contributed by atoms with Gasteiger partial charge in [0.15, 0.2) is 5.75 Å². The lowest BCUT2D eigenvalue weighted by Gasteiger charge is -2.11. The van der Waals surface area contributed by atoms with Crippen LogP contribution < -0.4 is 0 Å². The normalized spacial score (nSPS) is 12.6. The third-order valence-corrected chi connectivity index (χ3v) is 8.64. The largest absolute Gasteiger partial charge is 0.505 e. The molecule has 5 aromatic rings. The third-order valence-electron chi connectivity index (χ3n) is 5.57. The minimum absolute atomic E-state index is 0.151. The second-order valence-corrected chi connectivity index (χ2v) is 12.5. The third kappa shape index (κ3) is 4.99. The van der Waals surface area contributed by atoms with Gasteiger partial charge in [0.05, 0.1) is 25.8 Å². The maximum absolute atomic E-state index is 12.1. The van der Waals surface area contributed by atoms with Gasteiger partial charge in [0.1, 0.15) is 15.6 Å². The molecule has 0 atom stereocenters. The topological polar surface area (TPSA) is 167 Å². The predicted molar refractivity (Wildman–Crippen MR) is 144 cm³/mol. The fourth-order valence-electron chi connectivity index (χ4n) is 3.79. The summed E-state index contributed by atoms with van der Waals surface area (Å²) in [6.07, 6.45) is 0. The summed E-state index contributed by atoms with van der Waals surface area (Å²) in [5.74, 6) is -0.757. The lowest BCUT2D eigenvalue weighted by Crippen LogP contribution is -2.01. The van der Waals surface area contributed by atoms with Crippen molar-refractivity contribution in [3.8, 4) is 16.3 Å². The van der Waals surface area contributed by atoms with Crippen LogP contribution in [-0.2, 0) is 20.2 Å². The van der Waals surface area contributed by atoms with Gasteiger partial charge in [-0.15, -0.1) is 16.5 Å². The molecule has 4 aromatic carbocycles. The number of azo groups is 1. The maximum Gasteiger partial charge on any atom is 0.296 e. The van der Waals surface area contributed by atoms with Crippen molar-refractivity contribution in [1.29, 1.82) is 0 Å². The zero-order chi connectivity index (χ0) is 27.4. The number of phenolic OH excluding ortho intramolecular Hbond substituents is 1. The van der Waals surface area contributed by atoms with Crippen LogP contribution in [0.4, 0.5) is 11.4 Å². The Morgan fingerprint density at radius 2 is 1.61 bits per heavy atom. The lowest BCUT2D eigenvalue weighted by atomic mass is 10.1. The van der Waals surface area contributed by atoms with E-state index in [9.17, 15) is 31.0 Å². The van der Waals surface area contributed by atoms with Gasteiger partial charge in [-0.05, 0) is 72.5 Å². The first-order valence-corrected chi connectivity index (χ1v) is 14.7. The number of nitrogens with zero attached hydrogens (tertiary/aromatic N) is 3. The molecule has 0 saturated heterocycles. The highest BCUT2D eigenvalue weighted by atomic mass is 35.5. The van der Waals surface area contributed by atoms with E-state index in [1.807, 2.05) is 19.1 Å². The average molecular weight is 590 g/mol.